The number of likely N-dealkylation sites (N-methyl/N-ethyl adjacent to an activating group) is 1. The highest BCUT2D eigenvalue weighted by molar-refractivity contribution is 5.84. The highest BCUT2D eigenvalue weighted by Gasteiger charge is 2.38. The molecule has 1 N–H and O–H groups in total. The van der Waals surface area contributed by atoms with Gasteiger partial charge in [0.15, 0.2) is 0 Å². The first-order valence-electron chi connectivity index (χ1n) is 12.3. The first kappa shape index (κ1) is 27.8. The fourth-order valence-electron chi connectivity index (χ4n) is 5.30. The number of aliphatic hydroxyl groups is 1. The molecule has 5 rings (SSSR count). The minimum atomic E-state index is -4.37. The minimum absolute atomic E-state index is 0. The van der Waals surface area contributed by atoms with Crippen molar-refractivity contribution in [3.8, 4) is 0 Å². The van der Waals surface area contributed by atoms with E-state index in [-0.39, 0.29) is 23.0 Å². The Morgan fingerprint density at radius 1 is 0.658 bits per heavy atom. The van der Waals surface area contributed by atoms with E-state index in [0.29, 0.717) is 11.0 Å². The zero-order valence-electron chi connectivity index (χ0n) is 21.2. The number of benzene rings is 5. The predicted octanol–water partition coefficient (Wildman–Crippen LogP) is 5.07. The summed E-state index contributed by atoms with van der Waals surface area (Å²) in [5.74, 6) is 0. The van der Waals surface area contributed by atoms with Crippen molar-refractivity contribution in [3.63, 3.8) is 0 Å². The third-order valence-corrected chi connectivity index (χ3v) is 7.15. The van der Waals surface area contributed by atoms with Gasteiger partial charge in [0.25, 0.3) is 0 Å². The largest absolute Gasteiger partial charge is 1.00 e. The molecule has 6 heteroatoms. The average Bonchev–Trinajstić information content (AvgIpc) is 2.87. The van der Waals surface area contributed by atoms with E-state index in [1.165, 1.54) is 12.1 Å². The molecule has 0 aromatic heterocycles. The summed E-state index contributed by atoms with van der Waals surface area (Å²) in [6.07, 6.45) is -5.21. The number of alkyl halides is 3. The van der Waals surface area contributed by atoms with Crippen molar-refractivity contribution < 1.29 is 39.7 Å². The van der Waals surface area contributed by atoms with E-state index >= 15 is 0 Å². The van der Waals surface area contributed by atoms with E-state index in [4.69, 9.17) is 0 Å². The maximum Gasteiger partial charge on any atom is 0.416 e. The maximum absolute atomic E-state index is 13.1. The smallest absolute Gasteiger partial charge is 0.416 e. The lowest BCUT2D eigenvalue weighted by Gasteiger charge is -2.41. The standard InChI is InChI=1S/C32H29F3NO.BrH/c1-36(2,21-22-11-17-29(18-12-22)32(33,34)35)30(27-15-13-23-7-3-5-9-25(23)19-27)31(37)28-16-14-24-8-4-6-10-26(24)20-28;/h3-20,30-31,37H,21H2,1-2H3;1H/q+1;/p-1. The first-order valence-corrected chi connectivity index (χ1v) is 12.3. The van der Waals surface area contributed by atoms with Gasteiger partial charge in [-0.1, -0.05) is 84.9 Å². The van der Waals surface area contributed by atoms with Crippen molar-refractivity contribution in [1.82, 2.24) is 0 Å². The monoisotopic (exact) mass is 579 g/mol. The molecule has 2 unspecified atom stereocenters. The Kier molecular flexibility index (Phi) is 7.98. The predicted molar refractivity (Wildman–Crippen MR) is 143 cm³/mol. The van der Waals surface area contributed by atoms with Crippen LogP contribution in [0.2, 0.25) is 0 Å². The summed E-state index contributed by atoms with van der Waals surface area (Å²) in [5.41, 5.74) is 1.88. The van der Waals surface area contributed by atoms with Crippen molar-refractivity contribution in [2.24, 2.45) is 0 Å². The molecule has 0 bridgehead atoms. The summed E-state index contributed by atoms with van der Waals surface area (Å²) >= 11 is 0. The van der Waals surface area contributed by atoms with E-state index in [2.05, 4.69) is 18.2 Å². The Labute approximate surface area is 231 Å². The Morgan fingerprint density at radius 3 is 1.66 bits per heavy atom. The number of rotatable bonds is 6. The molecule has 0 fully saturated rings. The van der Waals surface area contributed by atoms with Crippen LogP contribution in [0, 0.1) is 0 Å². The van der Waals surface area contributed by atoms with Crippen LogP contribution >= 0.6 is 0 Å². The van der Waals surface area contributed by atoms with Crippen LogP contribution in [0.25, 0.3) is 21.5 Å². The number of hydrogen-bond donors (Lipinski definition) is 1. The van der Waals surface area contributed by atoms with E-state index in [9.17, 15) is 18.3 Å². The molecule has 0 aliphatic rings. The van der Waals surface area contributed by atoms with Gasteiger partial charge in [0.05, 0.1) is 19.7 Å². The molecule has 0 amide bonds. The lowest BCUT2D eigenvalue weighted by molar-refractivity contribution is -0.938. The summed E-state index contributed by atoms with van der Waals surface area (Å²) < 4.78 is 39.7. The average molecular weight is 580 g/mol. The second-order valence-electron chi connectivity index (χ2n) is 10.2. The Hall–Kier alpha value is -3.19. The number of quaternary nitrogens is 1. The maximum atomic E-state index is 13.1. The number of nitrogens with zero attached hydrogens (tertiary/aromatic N) is 1. The van der Waals surface area contributed by atoms with Gasteiger partial charge in [-0.15, -0.1) is 0 Å². The normalized spacial score (nSPS) is 13.7. The molecule has 0 heterocycles. The molecule has 0 saturated heterocycles. The Morgan fingerprint density at radius 2 is 1.13 bits per heavy atom. The SMILES string of the molecule is C[N+](C)(Cc1ccc(C(F)(F)F)cc1)C(c1ccc2ccccc2c1)C(O)c1ccc2ccccc2c1.[Br-]. The summed E-state index contributed by atoms with van der Waals surface area (Å²) in [4.78, 5) is 0. The van der Waals surface area contributed by atoms with Gasteiger partial charge in [0, 0.05) is 11.1 Å². The molecule has 0 spiro atoms. The van der Waals surface area contributed by atoms with Gasteiger partial charge >= 0.3 is 6.18 Å². The second kappa shape index (κ2) is 10.9. The van der Waals surface area contributed by atoms with Crippen molar-refractivity contribution in [2.75, 3.05) is 14.1 Å². The first-order chi connectivity index (χ1) is 17.6. The van der Waals surface area contributed by atoms with Gasteiger partial charge in [0.1, 0.15) is 18.7 Å². The highest BCUT2D eigenvalue weighted by atomic mass is 79.9. The fourth-order valence-corrected chi connectivity index (χ4v) is 5.30. The molecule has 0 aliphatic heterocycles. The van der Waals surface area contributed by atoms with Gasteiger partial charge in [-0.3, -0.25) is 0 Å². The molecule has 0 aliphatic carbocycles. The van der Waals surface area contributed by atoms with E-state index in [1.54, 1.807) is 0 Å². The van der Waals surface area contributed by atoms with Gasteiger partial charge in [-0.25, -0.2) is 0 Å². The fraction of sp³-hybridized carbons (Fsp3) is 0.188. The molecule has 2 atom stereocenters. The summed E-state index contributed by atoms with van der Waals surface area (Å²) in [6, 6.07) is 33.3. The van der Waals surface area contributed by atoms with Crippen LogP contribution in [0.4, 0.5) is 13.2 Å². The van der Waals surface area contributed by atoms with Crippen molar-refractivity contribution in [1.29, 1.82) is 0 Å². The van der Waals surface area contributed by atoms with Crippen LogP contribution in [0.3, 0.4) is 0 Å². The third kappa shape index (κ3) is 5.78. The topological polar surface area (TPSA) is 20.2 Å². The minimum Gasteiger partial charge on any atom is -1.00 e. The third-order valence-electron chi connectivity index (χ3n) is 7.15. The number of fused-ring (bicyclic) bond motifs is 2. The van der Waals surface area contributed by atoms with Crippen molar-refractivity contribution >= 4 is 21.5 Å². The van der Waals surface area contributed by atoms with Crippen LogP contribution in [0.5, 0.6) is 0 Å². The molecule has 38 heavy (non-hydrogen) atoms. The summed E-state index contributed by atoms with van der Waals surface area (Å²) in [5, 5.41) is 16.2. The molecular formula is C32H29BrF3NO. The van der Waals surface area contributed by atoms with Crippen molar-refractivity contribution in [3.05, 3.63) is 131 Å². The molecule has 5 aromatic rings. The van der Waals surface area contributed by atoms with Crippen LogP contribution in [-0.4, -0.2) is 23.7 Å². The Bertz CT molecular complexity index is 1550. The number of aliphatic hydroxyl groups excluding tert-OH is 1. The van der Waals surface area contributed by atoms with Gasteiger partial charge in [-0.2, -0.15) is 13.2 Å². The second-order valence-corrected chi connectivity index (χ2v) is 10.2. The van der Waals surface area contributed by atoms with Crippen LogP contribution in [0.15, 0.2) is 109 Å². The molecule has 2 nitrogen and oxygen atoms in total. The molecule has 0 saturated carbocycles. The zero-order valence-corrected chi connectivity index (χ0v) is 22.7. The Balaban J connectivity index is 0.00000336. The molecular weight excluding hydrogens is 551 g/mol. The van der Waals surface area contributed by atoms with Gasteiger partial charge in [0.2, 0.25) is 0 Å². The summed E-state index contributed by atoms with van der Waals surface area (Å²) in [6.45, 7) is 0.445. The molecule has 196 valence electrons. The van der Waals surface area contributed by atoms with E-state index < -0.39 is 17.8 Å². The quantitative estimate of drug-likeness (QED) is 0.279. The van der Waals surface area contributed by atoms with E-state index in [0.717, 1.165) is 50.4 Å². The lowest BCUT2D eigenvalue weighted by Crippen LogP contribution is -3.00. The van der Waals surface area contributed by atoms with Crippen LogP contribution in [-0.2, 0) is 12.7 Å². The molecule has 0 radical (unpaired) electrons. The van der Waals surface area contributed by atoms with Crippen LogP contribution in [0.1, 0.15) is 34.4 Å². The number of hydrogen-bond acceptors (Lipinski definition) is 1. The lowest BCUT2D eigenvalue weighted by atomic mass is 9.90. The van der Waals surface area contributed by atoms with Crippen molar-refractivity contribution in [2.45, 2.75) is 24.9 Å². The van der Waals surface area contributed by atoms with E-state index in [1.807, 2.05) is 80.8 Å². The number of halogens is 4. The van der Waals surface area contributed by atoms with Crippen LogP contribution < -0.4 is 17.0 Å². The molecule has 5 aromatic carbocycles. The summed E-state index contributed by atoms with van der Waals surface area (Å²) in [7, 11) is 4.03. The zero-order chi connectivity index (χ0) is 26.2. The van der Waals surface area contributed by atoms with Gasteiger partial charge < -0.3 is 26.6 Å². The van der Waals surface area contributed by atoms with Gasteiger partial charge in [-0.05, 0) is 51.4 Å². The highest BCUT2D eigenvalue weighted by Crippen LogP contribution is 2.40.